The van der Waals surface area contributed by atoms with E-state index in [1.165, 1.54) is 0 Å². The fourth-order valence-corrected chi connectivity index (χ4v) is 6.39. The van der Waals surface area contributed by atoms with Gasteiger partial charge in [0.1, 0.15) is 0 Å². The number of hydrogen-bond acceptors (Lipinski definition) is 14. The van der Waals surface area contributed by atoms with E-state index in [1.807, 2.05) is 0 Å². The molecule has 7 aromatic rings. The Morgan fingerprint density at radius 3 is 1.12 bits per heavy atom. The Morgan fingerprint density at radius 1 is 0.367 bits per heavy atom. The molecule has 4 aromatic carbocycles. The van der Waals surface area contributed by atoms with Crippen molar-refractivity contribution in [3.63, 3.8) is 0 Å². The van der Waals surface area contributed by atoms with Crippen molar-refractivity contribution in [3.05, 3.63) is 48.5 Å². The maximum atomic E-state index is 6.50. The van der Waals surface area contributed by atoms with Crippen LogP contribution in [0.15, 0.2) is 48.5 Å². The van der Waals surface area contributed by atoms with Crippen LogP contribution in [0.1, 0.15) is 0 Å². The van der Waals surface area contributed by atoms with Gasteiger partial charge in [-0.25, -0.2) is 9.97 Å². The van der Waals surface area contributed by atoms with Gasteiger partial charge >= 0.3 is 17.1 Å². The first-order valence-corrected chi connectivity index (χ1v) is 14.5. The summed E-state index contributed by atoms with van der Waals surface area (Å²) in [4.78, 5) is 38.6. The van der Waals surface area contributed by atoms with Gasteiger partial charge in [0, 0.05) is 101 Å². The van der Waals surface area contributed by atoms with Crippen molar-refractivity contribution in [1.82, 2.24) is 39.9 Å². The van der Waals surface area contributed by atoms with Gasteiger partial charge in [-0.3, -0.25) is 0 Å². The quantitative estimate of drug-likeness (QED) is 0.0834. The second-order valence-electron chi connectivity index (χ2n) is 11.6. The molecule has 243 valence electrons. The Hall–Kier alpha value is -6.84. The molecule has 0 spiro atoms. The summed E-state index contributed by atoms with van der Waals surface area (Å²) in [6.07, 6.45) is 0. The van der Waals surface area contributed by atoms with Crippen molar-refractivity contribution in [3.8, 4) is 45.6 Å². The van der Waals surface area contributed by atoms with Crippen LogP contribution in [-0.4, -0.2) is 29.9 Å². The molecule has 16 nitrogen and oxygen atoms in total. The van der Waals surface area contributed by atoms with E-state index in [-0.39, 0.29) is 63.0 Å². The van der Waals surface area contributed by atoms with Crippen molar-refractivity contribution < 1.29 is 17.1 Å². The summed E-state index contributed by atoms with van der Waals surface area (Å²) in [6, 6.07) is 13.3. The average molecular weight is 696 g/mol. The molecule has 9 rings (SSSR count). The number of aromatic nitrogens is 8. The number of rotatable bonds is 0. The summed E-state index contributed by atoms with van der Waals surface area (Å²) >= 11 is 0. The van der Waals surface area contributed by atoms with Crippen LogP contribution in [0.5, 0.6) is 0 Å². The third-order valence-corrected chi connectivity index (χ3v) is 8.32. The molecule has 0 saturated carbocycles. The fraction of sp³-hybridized carbons (Fsp3) is 0. The molecule has 2 aliphatic rings. The molecule has 16 N–H and O–H groups in total. The van der Waals surface area contributed by atoms with Gasteiger partial charge in [-0.15, -0.1) is 0 Å². The SMILES string of the molecule is Nc1cc(N)c2c(c1)-c1nc-2nc2[n-]c(nc3nc(nc4[n-]c(n1)c1c(N)cc(N)cc41)-c1c(N)cc(N)cc1-3)c1c(N)cc(N)cc21.[Cu+2]. The van der Waals surface area contributed by atoms with E-state index in [1.54, 1.807) is 48.5 Å². The molecular formula is C32H24CuN16. The number of nitrogens with two attached hydrogens (primary N) is 8. The maximum absolute atomic E-state index is 6.50. The number of nitrogens with zero attached hydrogens (tertiary/aromatic N) is 8. The maximum Gasteiger partial charge on any atom is 2.00 e. The van der Waals surface area contributed by atoms with E-state index in [2.05, 4.69) is 0 Å². The third kappa shape index (κ3) is 4.30. The summed E-state index contributed by atoms with van der Waals surface area (Å²) in [7, 11) is 0. The van der Waals surface area contributed by atoms with Crippen LogP contribution in [0.4, 0.5) is 45.5 Å². The van der Waals surface area contributed by atoms with E-state index >= 15 is 0 Å². The summed E-state index contributed by atoms with van der Waals surface area (Å²) < 4.78 is 0. The number of fused-ring (bicyclic) bond motifs is 20. The van der Waals surface area contributed by atoms with Gasteiger partial charge in [0.15, 0.2) is 0 Å². The number of benzene rings is 4. The fourth-order valence-electron chi connectivity index (χ4n) is 6.39. The van der Waals surface area contributed by atoms with Crippen molar-refractivity contribution >= 4 is 89.6 Å². The van der Waals surface area contributed by atoms with Crippen LogP contribution in [0.25, 0.3) is 89.7 Å². The zero-order valence-corrected chi connectivity index (χ0v) is 26.1. The number of hydrogen-bond donors (Lipinski definition) is 8. The van der Waals surface area contributed by atoms with E-state index in [0.29, 0.717) is 89.3 Å². The minimum Gasteiger partial charge on any atom is -0.399 e. The molecule has 5 heterocycles. The third-order valence-electron chi connectivity index (χ3n) is 8.32. The van der Waals surface area contributed by atoms with Crippen LogP contribution < -0.4 is 55.8 Å². The van der Waals surface area contributed by atoms with Gasteiger partial charge in [0.05, 0.1) is 23.3 Å². The first-order chi connectivity index (χ1) is 23.0. The molecule has 49 heavy (non-hydrogen) atoms. The molecule has 0 fully saturated rings. The molecular weight excluding hydrogens is 672 g/mol. The van der Waals surface area contributed by atoms with E-state index in [0.717, 1.165) is 0 Å². The van der Waals surface area contributed by atoms with Crippen molar-refractivity contribution in [2.24, 2.45) is 0 Å². The van der Waals surface area contributed by atoms with Crippen LogP contribution in [0.3, 0.4) is 0 Å². The van der Waals surface area contributed by atoms with Gasteiger partial charge in [0.2, 0.25) is 0 Å². The molecule has 0 aliphatic carbocycles. The molecule has 2 aliphatic heterocycles. The van der Waals surface area contributed by atoms with E-state index in [4.69, 9.17) is 85.7 Å². The molecule has 0 atom stereocenters. The number of anilines is 8. The average Bonchev–Trinajstić information content (AvgIpc) is 3.72. The molecule has 1 radical (unpaired) electrons. The van der Waals surface area contributed by atoms with Crippen LogP contribution >= 0.6 is 0 Å². The van der Waals surface area contributed by atoms with Crippen molar-refractivity contribution in [2.75, 3.05) is 45.9 Å². The van der Waals surface area contributed by atoms with E-state index in [9.17, 15) is 0 Å². The second kappa shape index (κ2) is 10.1. The minimum atomic E-state index is 0. The zero-order valence-electron chi connectivity index (χ0n) is 25.1. The first-order valence-electron chi connectivity index (χ1n) is 14.5. The summed E-state index contributed by atoms with van der Waals surface area (Å²) in [5.41, 5.74) is 57.0. The molecule has 0 amide bonds. The van der Waals surface area contributed by atoms with E-state index < -0.39 is 0 Å². The summed E-state index contributed by atoms with van der Waals surface area (Å²) in [6.45, 7) is 0. The van der Waals surface area contributed by atoms with Crippen molar-refractivity contribution in [1.29, 1.82) is 0 Å². The zero-order chi connectivity index (χ0) is 33.2. The van der Waals surface area contributed by atoms with Gasteiger partial charge < -0.3 is 75.8 Å². The molecule has 3 aromatic heterocycles. The van der Waals surface area contributed by atoms with Gasteiger partial charge in [-0.05, 0) is 59.3 Å². The Balaban J connectivity index is 0.00000348. The van der Waals surface area contributed by atoms with Crippen LogP contribution in [0.2, 0.25) is 0 Å². The second-order valence-corrected chi connectivity index (χ2v) is 11.6. The summed E-state index contributed by atoms with van der Waals surface area (Å²) in [5.74, 6) is 0.961. The van der Waals surface area contributed by atoms with Gasteiger partial charge in [0.25, 0.3) is 0 Å². The van der Waals surface area contributed by atoms with Gasteiger partial charge in [-0.1, -0.05) is 0 Å². The van der Waals surface area contributed by atoms with Crippen LogP contribution in [0, 0.1) is 0 Å². The standard InChI is InChI=1S/C32H24N16.Cu/c33-9-1-13-21(17(37)5-9)29-41-25(13)45-30-22-14(2-10(34)6-18(22)38)27(42-30)47-32-24-16(4-12(36)8-20(24)40)28(44-32)48-31-23-15(26(43-31)46-29)3-11(35)7-19(23)39;/h1-8H,33-40H2;/q-2;+2. The molecule has 0 saturated heterocycles. The molecule has 0 unspecified atom stereocenters. The monoisotopic (exact) mass is 695 g/mol. The summed E-state index contributed by atoms with van der Waals surface area (Å²) in [5, 5.41) is 2.10. The Kier molecular flexibility index (Phi) is 6.08. The van der Waals surface area contributed by atoms with Gasteiger partial charge in [-0.2, -0.15) is 0 Å². The molecule has 17 heteroatoms. The predicted octanol–water partition coefficient (Wildman–Crippen LogP) is 2.78. The normalized spacial score (nSPS) is 11.8. The Bertz CT molecular complexity index is 2590. The Morgan fingerprint density at radius 2 is 0.714 bits per heavy atom. The smallest absolute Gasteiger partial charge is 0.399 e. The van der Waals surface area contributed by atoms with Crippen molar-refractivity contribution in [2.45, 2.75) is 0 Å². The molecule has 8 bridgehead atoms. The predicted molar refractivity (Wildman–Crippen MR) is 189 cm³/mol. The topological polar surface area (TPSA) is 314 Å². The largest absolute Gasteiger partial charge is 2.00 e. The first kappa shape index (κ1) is 29.6. The van der Waals surface area contributed by atoms with Crippen LogP contribution in [-0.2, 0) is 17.1 Å². The number of nitrogen functional groups attached to an aromatic ring is 8. The minimum absolute atomic E-state index is 0. The Labute approximate surface area is 285 Å².